The fourth-order valence-corrected chi connectivity index (χ4v) is 3.38. The number of aryl methyl sites for hydroxylation is 1. The van der Waals surface area contributed by atoms with Gasteiger partial charge < -0.3 is 15.8 Å². The average Bonchev–Trinajstić information content (AvgIpc) is 2.69. The largest absolute Gasteiger partial charge is 0.449 e. The summed E-state index contributed by atoms with van der Waals surface area (Å²) < 4.78 is 30.7. The Kier molecular flexibility index (Phi) is 6.98. The third-order valence-corrected chi connectivity index (χ3v) is 6.17. The number of nitro benzene ring substituents is 1. The second-order valence-electron chi connectivity index (χ2n) is 6.83. The van der Waals surface area contributed by atoms with Gasteiger partial charge in [0.05, 0.1) is 15.4 Å². The monoisotopic (exact) mass is 450 g/mol. The predicted molar refractivity (Wildman–Crippen MR) is 113 cm³/mol. The fourth-order valence-electron chi connectivity index (χ4n) is 2.45. The van der Waals surface area contributed by atoms with E-state index in [1.165, 1.54) is 51.4 Å². The van der Waals surface area contributed by atoms with Gasteiger partial charge in [-0.15, -0.1) is 0 Å². The number of nitrogen functional groups attached to an aromatic ring is 1. The number of anilines is 2. The van der Waals surface area contributed by atoms with Gasteiger partial charge in [0.15, 0.2) is 6.10 Å². The fraction of sp³-hybridized carbons (Fsp3) is 0.263. The van der Waals surface area contributed by atoms with E-state index >= 15 is 0 Å². The van der Waals surface area contributed by atoms with Crippen LogP contribution < -0.4 is 11.1 Å². The van der Waals surface area contributed by atoms with E-state index < -0.39 is 38.6 Å². The maximum Gasteiger partial charge on any atom is 0.339 e. The number of hydrogen-bond donors (Lipinski definition) is 2. The number of nitrogens with zero attached hydrogens (tertiary/aromatic N) is 2. The van der Waals surface area contributed by atoms with Gasteiger partial charge in [-0.25, -0.2) is 17.5 Å². The smallest absolute Gasteiger partial charge is 0.339 e. The van der Waals surface area contributed by atoms with Crippen LogP contribution in [0.3, 0.4) is 0 Å². The van der Waals surface area contributed by atoms with Crippen LogP contribution in [0.1, 0.15) is 22.8 Å². The molecule has 0 fully saturated rings. The first kappa shape index (κ1) is 23.8. The number of benzene rings is 2. The molecule has 0 aromatic heterocycles. The van der Waals surface area contributed by atoms with Gasteiger partial charge in [-0.1, -0.05) is 6.07 Å². The second-order valence-corrected chi connectivity index (χ2v) is 8.98. The first-order chi connectivity index (χ1) is 14.3. The molecule has 1 amide bonds. The van der Waals surface area contributed by atoms with Gasteiger partial charge in [-0.05, 0) is 43.7 Å². The first-order valence-electron chi connectivity index (χ1n) is 8.93. The van der Waals surface area contributed by atoms with Gasteiger partial charge in [0.1, 0.15) is 5.69 Å². The van der Waals surface area contributed by atoms with Crippen LogP contribution in [0.15, 0.2) is 41.3 Å². The van der Waals surface area contributed by atoms with E-state index in [4.69, 9.17) is 10.5 Å². The lowest BCUT2D eigenvalue weighted by Gasteiger charge is -2.17. The number of rotatable bonds is 7. The van der Waals surface area contributed by atoms with Crippen LogP contribution in [0.5, 0.6) is 0 Å². The highest BCUT2D eigenvalue weighted by Crippen LogP contribution is 2.24. The van der Waals surface area contributed by atoms with E-state index in [-0.39, 0.29) is 21.8 Å². The molecule has 0 saturated carbocycles. The molecule has 2 aromatic carbocycles. The van der Waals surface area contributed by atoms with Crippen LogP contribution in [0, 0.1) is 17.0 Å². The number of nitrogens with one attached hydrogen (secondary N) is 1. The van der Waals surface area contributed by atoms with Crippen molar-refractivity contribution in [3.05, 3.63) is 57.6 Å². The molecule has 0 heterocycles. The SMILES string of the molecule is Cc1ccc(S(=O)(=O)N(C)C)cc1NC(=O)[C@H](C)OC(=O)c1ccc(N)c([N+](=O)[O-])c1. The Bertz CT molecular complexity index is 1150. The summed E-state index contributed by atoms with van der Waals surface area (Å²) in [6.45, 7) is 2.99. The van der Waals surface area contributed by atoms with Crippen molar-refractivity contribution in [2.24, 2.45) is 0 Å². The number of esters is 1. The summed E-state index contributed by atoms with van der Waals surface area (Å²) in [5, 5.41) is 13.5. The van der Waals surface area contributed by atoms with Crippen LogP contribution >= 0.6 is 0 Å². The van der Waals surface area contributed by atoms with E-state index in [0.29, 0.717) is 5.56 Å². The molecule has 0 aliphatic carbocycles. The highest BCUT2D eigenvalue weighted by Gasteiger charge is 2.23. The zero-order valence-electron chi connectivity index (χ0n) is 17.3. The summed E-state index contributed by atoms with van der Waals surface area (Å²) in [5.41, 5.74) is 5.61. The van der Waals surface area contributed by atoms with Gasteiger partial charge in [-0.2, -0.15) is 0 Å². The topological polar surface area (TPSA) is 162 Å². The van der Waals surface area contributed by atoms with Gasteiger partial charge in [0.25, 0.3) is 11.6 Å². The molecule has 2 rings (SSSR count). The van der Waals surface area contributed by atoms with Crippen molar-refractivity contribution in [1.29, 1.82) is 0 Å². The molecular weight excluding hydrogens is 428 g/mol. The van der Waals surface area contributed by atoms with Crippen LogP contribution in [0.2, 0.25) is 0 Å². The molecule has 0 aliphatic heterocycles. The van der Waals surface area contributed by atoms with Gasteiger partial charge in [0.2, 0.25) is 10.0 Å². The molecule has 12 heteroatoms. The number of nitro groups is 1. The summed E-state index contributed by atoms with van der Waals surface area (Å²) in [6.07, 6.45) is -1.27. The number of hydrogen-bond acceptors (Lipinski definition) is 8. The molecule has 166 valence electrons. The number of ether oxygens (including phenoxy) is 1. The summed E-state index contributed by atoms with van der Waals surface area (Å²) >= 11 is 0. The Morgan fingerprint density at radius 1 is 1.19 bits per heavy atom. The predicted octanol–water partition coefficient (Wildman–Crippen LogP) is 1.92. The molecule has 3 N–H and O–H groups in total. The molecule has 2 aromatic rings. The Labute approximate surface area is 179 Å². The lowest BCUT2D eigenvalue weighted by Crippen LogP contribution is -2.30. The normalized spacial score (nSPS) is 12.3. The number of carbonyl (C=O) groups is 2. The van der Waals surface area contributed by atoms with E-state index in [9.17, 15) is 28.1 Å². The summed E-state index contributed by atoms with van der Waals surface area (Å²) in [5.74, 6) is -1.66. The highest BCUT2D eigenvalue weighted by atomic mass is 32.2. The Morgan fingerprint density at radius 2 is 1.84 bits per heavy atom. The van der Waals surface area contributed by atoms with Crippen LogP contribution in [0.25, 0.3) is 0 Å². The standard InChI is InChI=1S/C19H22N4O7S/c1-11-5-7-14(31(28,29)22(3)4)10-16(11)21-18(24)12(2)30-19(25)13-6-8-15(20)17(9-13)23(26)27/h5-10,12H,20H2,1-4H3,(H,21,24)/t12-/m0/s1. The third kappa shape index (κ3) is 5.35. The van der Waals surface area contributed by atoms with Gasteiger partial charge in [0, 0.05) is 25.8 Å². The Hall–Kier alpha value is -3.51. The van der Waals surface area contributed by atoms with E-state index in [2.05, 4.69) is 5.32 Å². The van der Waals surface area contributed by atoms with E-state index in [1.54, 1.807) is 6.92 Å². The molecule has 11 nitrogen and oxygen atoms in total. The summed E-state index contributed by atoms with van der Waals surface area (Å²) in [7, 11) is -0.940. The average molecular weight is 450 g/mol. The number of carbonyl (C=O) groups excluding carboxylic acids is 2. The summed E-state index contributed by atoms with van der Waals surface area (Å²) in [4.78, 5) is 35.0. The molecule has 0 radical (unpaired) electrons. The van der Waals surface area contributed by atoms with Crippen molar-refractivity contribution in [2.45, 2.75) is 24.8 Å². The molecular formula is C19H22N4O7S. The highest BCUT2D eigenvalue weighted by molar-refractivity contribution is 7.89. The molecule has 0 bridgehead atoms. The van der Waals surface area contributed by atoms with Gasteiger partial charge in [-0.3, -0.25) is 14.9 Å². The van der Waals surface area contributed by atoms with Crippen LogP contribution in [-0.2, 0) is 19.6 Å². The van der Waals surface area contributed by atoms with Crippen molar-refractivity contribution in [3.8, 4) is 0 Å². The molecule has 0 saturated heterocycles. The zero-order chi connectivity index (χ0) is 23.5. The lowest BCUT2D eigenvalue weighted by atomic mass is 10.1. The van der Waals surface area contributed by atoms with E-state index in [0.717, 1.165) is 10.4 Å². The van der Waals surface area contributed by atoms with Crippen LogP contribution in [0.4, 0.5) is 17.1 Å². The zero-order valence-corrected chi connectivity index (χ0v) is 18.1. The molecule has 0 unspecified atom stereocenters. The van der Waals surface area contributed by atoms with Crippen molar-refractivity contribution in [3.63, 3.8) is 0 Å². The first-order valence-corrected chi connectivity index (χ1v) is 10.4. The minimum atomic E-state index is -3.71. The lowest BCUT2D eigenvalue weighted by molar-refractivity contribution is -0.383. The Morgan fingerprint density at radius 3 is 2.42 bits per heavy atom. The number of sulfonamides is 1. The van der Waals surface area contributed by atoms with Crippen molar-refractivity contribution < 1.29 is 27.7 Å². The number of nitrogens with two attached hydrogens (primary N) is 1. The summed E-state index contributed by atoms with van der Waals surface area (Å²) in [6, 6.07) is 7.66. The van der Waals surface area contributed by atoms with Crippen molar-refractivity contribution in [1.82, 2.24) is 4.31 Å². The van der Waals surface area contributed by atoms with E-state index in [1.807, 2.05) is 0 Å². The van der Waals surface area contributed by atoms with Crippen LogP contribution in [-0.4, -0.2) is 49.7 Å². The molecule has 1 atom stereocenters. The maximum atomic E-state index is 12.5. The minimum absolute atomic E-state index is 0.0165. The quantitative estimate of drug-likeness (QED) is 0.280. The minimum Gasteiger partial charge on any atom is -0.449 e. The third-order valence-electron chi connectivity index (χ3n) is 4.36. The molecule has 0 aliphatic rings. The second kappa shape index (κ2) is 9.10. The van der Waals surface area contributed by atoms with Gasteiger partial charge >= 0.3 is 5.97 Å². The molecule has 0 spiro atoms. The van der Waals surface area contributed by atoms with Crippen molar-refractivity contribution in [2.75, 3.05) is 25.1 Å². The number of amides is 1. The maximum absolute atomic E-state index is 12.5. The molecule has 31 heavy (non-hydrogen) atoms. The Balaban J connectivity index is 2.17. The van der Waals surface area contributed by atoms with Crippen molar-refractivity contribution >= 4 is 39.0 Å².